The van der Waals surface area contributed by atoms with Gasteiger partial charge in [0.15, 0.2) is 5.16 Å². The van der Waals surface area contributed by atoms with Crippen molar-refractivity contribution in [1.82, 2.24) is 14.8 Å². The number of aromatic nitrogens is 3. The fourth-order valence-corrected chi connectivity index (χ4v) is 3.36. The third-order valence-electron chi connectivity index (χ3n) is 3.92. The highest BCUT2D eigenvalue weighted by Crippen LogP contribution is 2.29. The van der Waals surface area contributed by atoms with Gasteiger partial charge < -0.3 is 10.0 Å². The molecule has 1 aliphatic rings. The minimum Gasteiger partial charge on any atom is -0.481 e. The van der Waals surface area contributed by atoms with Gasteiger partial charge in [0.25, 0.3) is 0 Å². The van der Waals surface area contributed by atoms with Gasteiger partial charge in [-0.2, -0.15) is 0 Å². The normalized spacial score (nSPS) is 18.7. The third-order valence-corrected chi connectivity index (χ3v) is 4.87. The van der Waals surface area contributed by atoms with E-state index >= 15 is 0 Å². The van der Waals surface area contributed by atoms with Gasteiger partial charge in [-0.15, -0.1) is 10.2 Å². The van der Waals surface area contributed by atoms with E-state index in [0.717, 1.165) is 32.0 Å². The number of rotatable bonds is 7. The summed E-state index contributed by atoms with van der Waals surface area (Å²) < 4.78 is 2.07. The van der Waals surface area contributed by atoms with Crippen LogP contribution in [0.5, 0.6) is 0 Å². The van der Waals surface area contributed by atoms with Crippen LogP contribution in [0.15, 0.2) is 5.16 Å². The van der Waals surface area contributed by atoms with Crippen LogP contribution in [0.1, 0.15) is 33.6 Å². The van der Waals surface area contributed by atoms with E-state index < -0.39 is 5.97 Å². The second kappa shape index (κ2) is 7.15. The summed E-state index contributed by atoms with van der Waals surface area (Å²) in [5.41, 5.74) is 0. The van der Waals surface area contributed by atoms with Crippen LogP contribution in [0.3, 0.4) is 0 Å². The van der Waals surface area contributed by atoms with Crippen LogP contribution in [-0.2, 0) is 11.3 Å². The van der Waals surface area contributed by atoms with Crippen molar-refractivity contribution in [2.45, 2.75) is 45.3 Å². The molecular weight excluding hydrogens is 288 g/mol. The highest BCUT2D eigenvalue weighted by Gasteiger charge is 2.28. The van der Waals surface area contributed by atoms with Crippen molar-refractivity contribution >= 4 is 23.7 Å². The summed E-state index contributed by atoms with van der Waals surface area (Å²) in [5, 5.41) is 18.0. The van der Waals surface area contributed by atoms with E-state index in [1.165, 1.54) is 18.2 Å². The van der Waals surface area contributed by atoms with Crippen LogP contribution in [0.4, 0.5) is 5.95 Å². The van der Waals surface area contributed by atoms with Crippen molar-refractivity contribution < 1.29 is 9.90 Å². The number of hydrogen-bond acceptors (Lipinski definition) is 5. The Labute approximate surface area is 129 Å². The average molecular weight is 312 g/mol. The smallest absolute Gasteiger partial charge is 0.313 e. The molecule has 1 aromatic rings. The average Bonchev–Trinajstić information content (AvgIpc) is 3.03. The molecule has 0 spiro atoms. The monoisotopic (exact) mass is 312 g/mol. The number of anilines is 1. The molecule has 1 saturated heterocycles. The van der Waals surface area contributed by atoms with Crippen molar-refractivity contribution in [3.8, 4) is 0 Å². The molecule has 118 valence electrons. The van der Waals surface area contributed by atoms with Gasteiger partial charge in [-0.25, -0.2) is 0 Å². The van der Waals surface area contributed by atoms with Gasteiger partial charge in [0.2, 0.25) is 5.95 Å². The van der Waals surface area contributed by atoms with Crippen molar-refractivity contribution in [2.75, 3.05) is 23.7 Å². The lowest BCUT2D eigenvalue weighted by molar-refractivity contribution is -0.133. The predicted octanol–water partition coefficient (Wildman–Crippen LogP) is 2.35. The molecule has 1 atom stereocenters. The molecule has 0 aromatic carbocycles. The van der Waals surface area contributed by atoms with Crippen LogP contribution in [0.25, 0.3) is 0 Å². The standard InChI is InChI=1S/C14H24N4O2S/c1-4-6-18-13(15-16-14(18)21-9-12(19)20)17-7-5-11(8-17)10(2)3/h10-11H,4-9H2,1-3H3,(H,19,20). The van der Waals surface area contributed by atoms with Crippen LogP contribution >= 0.6 is 11.8 Å². The Bertz CT molecular complexity index is 489. The van der Waals surface area contributed by atoms with E-state index in [1.54, 1.807) is 0 Å². The summed E-state index contributed by atoms with van der Waals surface area (Å²) in [6, 6.07) is 0. The molecule has 21 heavy (non-hydrogen) atoms. The molecule has 1 fully saturated rings. The molecule has 1 aliphatic heterocycles. The molecular formula is C14H24N4O2S. The molecule has 0 amide bonds. The first-order valence-corrected chi connectivity index (χ1v) is 8.54. The zero-order chi connectivity index (χ0) is 15.4. The molecule has 1 unspecified atom stereocenters. The highest BCUT2D eigenvalue weighted by atomic mass is 32.2. The largest absolute Gasteiger partial charge is 0.481 e. The van der Waals surface area contributed by atoms with Crippen LogP contribution in [0, 0.1) is 11.8 Å². The number of aliphatic carboxylic acids is 1. The maximum Gasteiger partial charge on any atom is 0.313 e. The van der Waals surface area contributed by atoms with Crippen molar-refractivity contribution in [1.29, 1.82) is 0 Å². The van der Waals surface area contributed by atoms with E-state index in [4.69, 9.17) is 5.11 Å². The van der Waals surface area contributed by atoms with Crippen LogP contribution in [0.2, 0.25) is 0 Å². The Morgan fingerprint density at radius 2 is 2.24 bits per heavy atom. The molecule has 1 aromatic heterocycles. The van der Waals surface area contributed by atoms with Crippen LogP contribution < -0.4 is 4.90 Å². The summed E-state index contributed by atoms with van der Waals surface area (Å²) in [7, 11) is 0. The molecule has 0 bridgehead atoms. The predicted molar refractivity (Wildman–Crippen MR) is 83.8 cm³/mol. The van der Waals surface area contributed by atoms with Crippen LogP contribution in [-0.4, -0.2) is 44.7 Å². The fourth-order valence-electron chi connectivity index (χ4n) is 2.68. The Balaban J connectivity index is 2.14. The maximum absolute atomic E-state index is 10.7. The summed E-state index contributed by atoms with van der Waals surface area (Å²) in [4.78, 5) is 13.0. The summed E-state index contributed by atoms with van der Waals surface area (Å²) in [6.07, 6.45) is 2.17. The molecule has 7 heteroatoms. The molecule has 2 heterocycles. The third kappa shape index (κ3) is 3.90. The zero-order valence-electron chi connectivity index (χ0n) is 12.9. The molecule has 6 nitrogen and oxygen atoms in total. The van der Waals surface area contributed by atoms with Gasteiger partial charge in [-0.05, 0) is 24.7 Å². The van der Waals surface area contributed by atoms with Gasteiger partial charge in [0, 0.05) is 19.6 Å². The minimum absolute atomic E-state index is 0.0243. The Morgan fingerprint density at radius 3 is 2.81 bits per heavy atom. The molecule has 1 N–H and O–H groups in total. The first-order valence-electron chi connectivity index (χ1n) is 7.55. The van der Waals surface area contributed by atoms with Gasteiger partial charge in [0.05, 0.1) is 5.75 Å². The van der Waals surface area contributed by atoms with Crippen molar-refractivity contribution in [2.24, 2.45) is 11.8 Å². The lowest BCUT2D eigenvalue weighted by atomic mass is 9.95. The second-order valence-corrected chi connectivity index (χ2v) is 6.80. The van der Waals surface area contributed by atoms with E-state index in [1.807, 2.05) is 0 Å². The summed E-state index contributed by atoms with van der Waals surface area (Å²) in [6.45, 7) is 9.49. The van der Waals surface area contributed by atoms with Gasteiger partial charge in [-0.3, -0.25) is 9.36 Å². The number of nitrogens with zero attached hydrogens (tertiary/aromatic N) is 4. The fraction of sp³-hybridized carbons (Fsp3) is 0.786. The molecule has 0 saturated carbocycles. The van der Waals surface area contributed by atoms with Gasteiger partial charge in [-0.1, -0.05) is 32.5 Å². The number of carboxylic acids is 1. The van der Waals surface area contributed by atoms with Gasteiger partial charge >= 0.3 is 5.97 Å². The topological polar surface area (TPSA) is 71.2 Å². The maximum atomic E-state index is 10.7. The number of thioether (sulfide) groups is 1. The highest BCUT2D eigenvalue weighted by molar-refractivity contribution is 7.99. The minimum atomic E-state index is -0.825. The lowest BCUT2D eigenvalue weighted by Gasteiger charge is -2.20. The SMILES string of the molecule is CCCn1c(SCC(=O)O)nnc1N1CCC(C(C)C)C1. The molecule has 0 aliphatic carbocycles. The molecule has 2 rings (SSSR count). The quantitative estimate of drug-likeness (QED) is 0.779. The van der Waals surface area contributed by atoms with E-state index in [0.29, 0.717) is 17.0 Å². The summed E-state index contributed by atoms with van der Waals surface area (Å²) >= 11 is 1.24. The van der Waals surface area contributed by atoms with Gasteiger partial charge in [0.1, 0.15) is 0 Å². The van der Waals surface area contributed by atoms with E-state index in [-0.39, 0.29) is 5.75 Å². The Hall–Kier alpha value is -1.24. The molecule has 0 radical (unpaired) electrons. The zero-order valence-corrected chi connectivity index (χ0v) is 13.8. The van der Waals surface area contributed by atoms with E-state index in [9.17, 15) is 4.79 Å². The number of carbonyl (C=O) groups is 1. The van der Waals surface area contributed by atoms with Crippen molar-refractivity contribution in [3.63, 3.8) is 0 Å². The van der Waals surface area contributed by atoms with Crippen molar-refractivity contribution in [3.05, 3.63) is 0 Å². The number of carboxylic acid groups (broad SMARTS) is 1. The Kier molecular flexibility index (Phi) is 5.50. The first-order chi connectivity index (χ1) is 10.0. The first kappa shape index (κ1) is 16.1. The number of hydrogen-bond donors (Lipinski definition) is 1. The lowest BCUT2D eigenvalue weighted by Crippen LogP contribution is -2.25. The summed E-state index contributed by atoms with van der Waals surface area (Å²) in [5.74, 6) is 1.48. The second-order valence-electron chi connectivity index (χ2n) is 5.86. The Morgan fingerprint density at radius 1 is 1.48 bits per heavy atom. The van der Waals surface area contributed by atoms with E-state index in [2.05, 4.69) is 40.4 Å².